The predicted octanol–water partition coefficient (Wildman–Crippen LogP) is 14.9. The third-order valence-electron chi connectivity index (χ3n) is 12.4. The normalized spacial score (nSPS) is 11.8. The van der Waals surface area contributed by atoms with E-state index >= 15 is 0 Å². The van der Waals surface area contributed by atoms with E-state index < -0.39 is 0 Å². The number of furan rings is 1. The Hall–Kier alpha value is -8.74. The molecule has 0 amide bonds. The number of hydrogen-bond donors (Lipinski definition) is 0. The van der Waals surface area contributed by atoms with Crippen molar-refractivity contribution in [3.05, 3.63) is 212 Å². The van der Waals surface area contributed by atoms with Crippen molar-refractivity contribution in [2.24, 2.45) is 0 Å². The van der Waals surface area contributed by atoms with Gasteiger partial charge in [0.25, 0.3) is 0 Å². The van der Waals surface area contributed by atoms with E-state index in [1.807, 2.05) is 48.5 Å². The van der Waals surface area contributed by atoms with E-state index in [1.165, 1.54) is 5.39 Å². The van der Waals surface area contributed by atoms with Gasteiger partial charge in [-0.2, -0.15) is 0 Å². The van der Waals surface area contributed by atoms with Crippen LogP contribution in [0.2, 0.25) is 0 Å². The van der Waals surface area contributed by atoms with E-state index in [4.69, 9.17) is 24.4 Å². The number of pyridine rings is 1. The Morgan fingerprint density at radius 1 is 0.344 bits per heavy atom. The van der Waals surface area contributed by atoms with E-state index in [9.17, 15) is 0 Å². The van der Waals surface area contributed by atoms with Crippen LogP contribution in [0.25, 0.3) is 128 Å². The minimum Gasteiger partial charge on any atom is -0.456 e. The lowest BCUT2D eigenvalue weighted by Crippen LogP contribution is -2.01. The molecule has 0 spiro atoms. The summed E-state index contributed by atoms with van der Waals surface area (Å²) >= 11 is 0. The van der Waals surface area contributed by atoms with E-state index in [0.717, 1.165) is 105 Å². The number of benzene rings is 9. The van der Waals surface area contributed by atoms with Crippen molar-refractivity contribution in [1.29, 1.82) is 0 Å². The van der Waals surface area contributed by atoms with Crippen LogP contribution in [0.1, 0.15) is 0 Å². The van der Waals surface area contributed by atoms with Crippen molar-refractivity contribution < 1.29 is 4.42 Å². The molecule has 0 unspecified atom stereocenters. The zero-order valence-corrected chi connectivity index (χ0v) is 34.4. The summed E-state index contributed by atoms with van der Waals surface area (Å²) in [7, 11) is 0. The topological polar surface area (TPSA) is 69.6 Å². The van der Waals surface area contributed by atoms with Crippen LogP contribution < -0.4 is 0 Å². The van der Waals surface area contributed by atoms with Crippen molar-refractivity contribution in [2.45, 2.75) is 0 Å². The molecule has 0 radical (unpaired) electrons. The Morgan fingerprint density at radius 2 is 0.906 bits per heavy atom. The molecule has 0 atom stereocenters. The lowest BCUT2D eigenvalue weighted by atomic mass is 10.0. The Bertz CT molecular complexity index is 3950. The summed E-state index contributed by atoms with van der Waals surface area (Å²) in [4.78, 5) is 20.8. The van der Waals surface area contributed by atoms with E-state index in [2.05, 4.69) is 168 Å². The number of fused-ring (bicyclic) bond motifs is 9. The van der Waals surface area contributed by atoms with Crippen LogP contribution >= 0.6 is 0 Å². The molecule has 13 rings (SSSR count). The molecule has 13 aromatic rings. The number of para-hydroxylation sites is 2. The van der Waals surface area contributed by atoms with Gasteiger partial charge in [0.2, 0.25) is 0 Å². The molecule has 0 bridgehead atoms. The van der Waals surface area contributed by atoms with Crippen LogP contribution in [0.3, 0.4) is 0 Å². The van der Waals surface area contributed by atoms with Crippen LogP contribution in [-0.2, 0) is 0 Å². The van der Waals surface area contributed by atoms with Gasteiger partial charge >= 0.3 is 0 Å². The summed E-state index contributed by atoms with van der Waals surface area (Å²) in [5, 5.41) is 7.91. The highest BCUT2D eigenvalue weighted by molar-refractivity contribution is 6.23. The highest BCUT2D eigenvalue weighted by Crippen LogP contribution is 2.42. The van der Waals surface area contributed by atoms with E-state index in [1.54, 1.807) is 0 Å². The molecular formula is C58H35N5O. The molecule has 6 heteroatoms. The SMILES string of the molecule is c1ccc(-c2nc(-c3ccc(-n4c5ccccc5c5c(-c6ccccc6)nc6cc7ccccc7cc6c54)cc3)nc(-c3cccc(-c4ccc5oc6ccccc6c5c4)c3)n2)cc1. The molecule has 4 aromatic heterocycles. The van der Waals surface area contributed by atoms with Crippen LogP contribution in [0.4, 0.5) is 0 Å². The average molecular weight is 818 g/mol. The van der Waals surface area contributed by atoms with Gasteiger partial charge in [0.1, 0.15) is 11.2 Å². The second kappa shape index (κ2) is 14.4. The zero-order chi connectivity index (χ0) is 42.1. The van der Waals surface area contributed by atoms with Gasteiger partial charge in [-0.15, -0.1) is 0 Å². The molecule has 4 heterocycles. The van der Waals surface area contributed by atoms with Crippen LogP contribution in [0.5, 0.6) is 0 Å². The quantitative estimate of drug-likeness (QED) is 0.156. The highest BCUT2D eigenvalue weighted by Gasteiger charge is 2.22. The highest BCUT2D eigenvalue weighted by atomic mass is 16.3. The molecule has 0 saturated carbocycles. The largest absolute Gasteiger partial charge is 0.456 e. The fourth-order valence-corrected chi connectivity index (χ4v) is 9.35. The lowest BCUT2D eigenvalue weighted by Gasteiger charge is -2.13. The number of aromatic nitrogens is 5. The Balaban J connectivity index is 0.967. The Labute approximate surface area is 367 Å². The first kappa shape index (κ1) is 36.0. The summed E-state index contributed by atoms with van der Waals surface area (Å²) in [6, 6.07) is 73.9. The van der Waals surface area contributed by atoms with Crippen molar-refractivity contribution >= 4 is 65.4 Å². The maximum absolute atomic E-state index is 6.13. The molecule has 298 valence electrons. The Morgan fingerprint density at radius 3 is 1.69 bits per heavy atom. The molecular weight excluding hydrogens is 783 g/mol. The fraction of sp³-hybridized carbons (Fsp3) is 0. The summed E-state index contributed by atoms with van der Waals surface area (Å²) < 4.78 is 8.53. The first-order valence-corrected chi connectivity index (χ1v) is 21.5. The number of rotatable bonds is 6. The van der Waals surface area contributed by atoms with Crippen molar-refractivity contribution in [2.75, 3.05) is 0 Å². The van der Waals surface area contributed by atoms with Crippen molar-refractivity contribution in [1.82, 2.24) is 24.5 Å². The predicted molar refractivity (Wildman–Crippen MR) is 261 cm³/mol. The Kier molecular flexibility index (Phi) is 8.11. The van der Waals surface area contributed by atoms with Gasteiger partial charge in [-0.1, -0.05) is 146 Å². The van der Waals surface area contributed by atoms with Crippen molar-refractivity contribution in [3.8, 4) is 62.2 Å². The average Bonchev–Trinajstić information content (AvgIpc) is 3.92. The van der Waals surface area contributed by atoms with Gasteiger partial charge in [0, 0.05) is 54.9 Å². The molecule has 0 fully saturated rings. The third kappa shape index (κ3) is 5.88. The van der Waals surface area contributed by atoms with E-state index in [-0.39, 0.29) is 0 Å². The van der Waals surface area contributed by atoms with Gasteiger partial charge in [-0.3, -0.25) is 0 Å². The third-order valence-corrected chi connectivity index (χ3v) is 12.4. The summed E-state index contributed by atoms with van der Waals surface area (Å²) in [6.45, 7) is 0. The van der Waals surface area contributed by atoms with Gasteiger partial charge in [0.15, 0.2) is 17.5 Å². The van der Waals surface area contributed by atoms with Crippen LogP contribution in [0, 0.1) is 0 Å². The summed E-state index contributed by atoms with van der Waals surface area (Å²) in [5.74, 6) is 1.82. The molecule has 0 aliphatic heterocycles. The van der Waals surface area contributed by atoms with Gasteiger partial charge in [-0.05, 0) is 88.6 Å². The second-order valence-electron chi connectivity index (χ2n) is 16.2. The van der Waals surface area contributed by atoms with Gasteiger partial charge in [0.05, 0.1) is 22.2 Å². The standard InChI is InChI=1S/C58H35N5O/c1-3-14-36(15-4-1)54-53-46-23-9-11-24-50(46)63(55(53)48-34-40-18-7-8-19-41(40)35-49(48)59-54)44-29-26-38(27-30-44)57-60-56(37-16-5-2-6-17-37)61-58(62-57)43-21-13-20-39(32-43)42-28-31-52-47(33-42)45-22-10-12-25-51(45)64-52/h1-35H. The molecule has 64 heavy (non-hydrogen) atoms. The molecule has 0 N–H and O–H groups in total. The zero-order valence-electron chi connectivity index (χ0n) is 34.4. The summed E-state index contributed by atoms with van der Waals surface area (Å²) in [6.07, 6.45) is 0. The van der Waals surface area contributed by atoms with Gasteiger partial charge < -0.3 is 8.98 Å². The number of hydrogen-bond acceptors (Lipinski definition) is 5. The van der Waals surface area contributed by atoms with Crippen molar-refractivity contribution in [3.63, 3.8) is 0 Å². The minimum absolute atomic E-state index is 0.599. The maximum Gasteiger partial charge on any atom is 0.164 e. The van der Waals surface area contributed by atoms with Gasteiger partial charge in [-0.25, -0.2) is 19.9 Å². The molecule has 6 nitrogen and oxygen atoms in total. The molecule has 0 saturated heterocycles. The first-order chi connectivity index (χ1) is 31.7. The van der Waals surface area contributed by atoms with Crippen LogP contribution in [0.15, 0.2) is 217 Å². The lowest BCUT2D eigenvalue weighted by molar-refractivity contribution is 0.669. The molecule has 0 aliphatic rings. The summed E-state index contributed by atoms with van der Waals surface area (Å²) in [5.41, 5.74) is 12.9. The first-order valence-electron chi connectivity index (χ1n) is 21.5. The number of nitrogens with zero attached hydrogens (tertiary/aromatic N) is 5. The molecule has 0 aliphatic carbocycles. The smallest absolute Gasteiger partial charge is 0.164 e. The monoisotopic (exact) mass is 817 g/mol. The molecule has 9 aromatic carbocycles. The maximum atomic E-state index is 6.13. The second-order valence-corrected chi connectivity index (χ2v) is 16.2. The van der Waals surface area contributed by atoms with E-state index in [0.29, 0.717) is 17.5 Å². The van der Waals surface area contributed by atoms with Crippen LogP contribution in [-0.4, -0.2) is 24.5 Å². The minimum atomic E-state index is 0.599. The fourth-order valence-electron chi connectivity index (χ4n) is 9.35.